The molecule has 0 saturated carbocycles. The standard InChI is InChI=1S/C18H17F2N3/c1-13(14-6-3-2-4-7-14)10-15-11-23(22-21-15)12-16-17(19)8-5-9-18(16)20/h2-9,11,13H,10,12H2,1H3. The van der Waals surface area contributed by atoms with Crippen LogP contribution in [-0.2, 0) is 13.0 Å². The van der Waals surface area contributed by atoms with Gasteiger partial charge in [-0.2, -0.15) is 0 Å². The van der Waals surface area contributed by atoms with E-state index in [9.17, 15) is 8.78 Å². The average Bonchev–Trinajstić information content (AvgIpc) is 2.99. The third-order valence-corrected chi connectivity index (χ3v) is 3.85. The quantitative estimate of drug-likeness (QED) is 0.714. The van der Waals surface area contributed by atoms with Crippen LogP contribution in [0.5, 0.6) is 0 Å². The minimum Gasteiger partial charge on any atom is -0.248 e. The van der Waals surface area contributed by atoms with E-state index in [0.29, 0.717) is 5.92 Å². The minimum absolute atomic E-state index is 0.0000536. The molecule has 1 heterocycles. The van der Waals surface area contributed by atoms with Crippen molar-refractivity contribution in [3.63, 3.8) is 0 Å². The smallest absolute Gasteiger partial charge is 0.131 e. The summed E-state index contributed by atoms with van der Waals surface area (Å²) in [5.74, 6) is -0.842. The molecular formula is C18H17F2N3. The summed E-state index contributed by atoms with van der Waals surface area (Å²) in [6.45, 7) is 2.15. The Morgan fingerprint density at radius 3 is 2.39 bits per heavy atom. The zero-order valence-corrected chi connectivity index (χ0v) is 12.8. The van der Waals surface area contributed by atoms with Crippen LogP contribution in [0.2, 0.25) is 0 Å². The molecule has 0 spiro atoms. The summed E-state index contributed by atoms with van der Waals surface area (Å²) in [5, 5.41) is 8.08. The fourth-order valence-corrected chi connectivity index (χ4v) is 2.57. The van der Waals surface area contributed by atoms with Crippen LogP contribution in [0, 0.1) is 11.6 Å². The van der Waals surface area contributed by atoms with E-state index in [1.165, 1.54) is 28.4 Å². The van der Waals surface area contributed by atoms with E-state index < -0.39 is 11.6 Å². The molecule has 23 heavy (non-hydrogen) atoms. The predicted molar refractivity (Wildman–Crippen MR) is 84.0 cm³/mol. The van der Waals surface area contributed by atoms with Crippen molar-refractivity contribution in [1.29, 1.82) is 0 Å². The van der Waals surface area contributed by atoms with Gasteiger partial charge in [0.2, 0.25) is 0 Å². The van der Waals surface area contributed by atoms with Crippen LogP contribution >= 0.6 is 0 Å². The highest BCUT2D eigenvalue weighted by atomic mass is 19.1. The number of aromatic nitrogens is 3. The van der Waals surface area contributed by atoms with Gasteiger partial charge in [0.05, 0.1) is 12.2 Å². The SMILES string of the molecule is CC(Cc1cn(Cc2c(F)cccc2F)nn1)c1ccccc1. The molecule has 0 radical (unpaired) electrons. The summed E-state index contributed by atoms with van der Waals surface area (Å²) in [6, 6.07) is 14.0. The Morgan fingerprint density at radius 2 is 1.70 bits per heavy atom. The molecule has 2 aromatic carbocycles. The largest absolute Gasteiger partial charge is 0.248 e. The van der Waals surface area contributed by atoms with Crippen molar-refractivity contribution in [2.45, 2.75) is 25.8 Å². The van der Waals surface area contributed by atoms with E-state index in [-0.39, 0.29) is 12.1 Å². The zero-order valence-electron chi connectivity index (χ0n) is 12.8. The normalized spacial score (nSPS) is 12.3. The molecule has 118 valence electrons. The lowest BCUT2D eigenvalue weighted by molar-refractivity contribution is 0.528. The number of rotatable bonds is 5. The van der Waals surface area contributed by atoms with Gasteiger partial charge in [-0.1, -0.05) is 48.5 Å². The van der Waals surface area contributed by atoms with Crippen LogP contribution in [0.3, 0.4) is 0 Å². The number of benzene rings is 2. The predicted octanol–water partition coefficient (Wildman–Crippen LogP) is 3.95. The van der Waals surface area contributed by atoms with Crippen molar-refractivity contribution in [3.05, 3.63) is 83.2 Å². The highest BCUT2D eigenvalue weighted by Gasteiger charge is 2.12. The van der Waals surface area contributed by atoms with Gasteiger partial charge in [0.1, 0.15) is 11.6 Å². The second-order valence-electron chi connectivity index (χ2n) is 5.62. The Labute approximate surface area is 133 Å². The van der Waals surface area contributed by atoms with E-state index in [1.807, 2.05) is 18.2 Å². The Bertz CT molecular complexity index is 764. The summed E-state index contributed by atoms with van der Waals surface area (Å²) < 4.78 is 28.8. The Hall–Kier alpha value is -2.56. The second kappa shape index (κ2) is 6.69. The Kier molecular flexibility index (Phi) is 4.46. The van der Waals surface area contributed by atoms with Crippen LogP contribution < -0.4 is 0 Å². The van der Waals surface area contributed by atoms with Crippen LogP contribution in [0.4, 0.5) is 8.78 Å². The first-order valence-electron chi connectivity index (χ1n) is 7.50. The summed E-state index contributed by atoms with van der Waals surface area (Å²) in [7, 11) is 0. The molecule has 0 saturated heterocycles. The van der Waals surface area contributed by atoms with Crippen LogP contribution in [0.15, 0.2) is 54.7 Å². The number of hydrogen-bond acceptors (Lipinski definition) is 2. The minimum atomic E-state index is -0.570. The van der Waals surface area contributed by atoms with Gasteiger partial charge in [-0.3, -0.25) is 0 Å². The highest BCUT2D eigenvalue weighted by Crippen LogP contribution is 2.19. The first-order chi connectivity index (χ1) is 11.1. The van der Waals surface area contributed by atoms with Crippen molar-refractivity contribution in [2.24, 2.45) is 0 Å². The van der Waals surface area contributed by atoms with Crippen LogP contribution in [0.1, 0.15) is 29.7 Å². The second-order valence-corrected chi connectivity index (χ2v) is 5.62. The van der Waals surface area contributed by atoms with Crippen molar-refractivity contribution >= 4 is 0 Å². The van der Waals surface area contributed by atoms with Gasteiger partial charge in [-0.05, 0) is 30.0 Å². The fraction of sp³-hybridized carbons (Fsp3) is 0.222. The third-order valence-electron chi connectivity index (χ3n) is 3.85. The average molecular weight is 313 g/mol. The fourth-order valence-electron chi connectivity index (χ4n) is 2.57. The molecule has 5 heteroatoms. The zero-order chi connectivity index (χ0) is 16.2. The topological polar surface area (TPSA) is 30.7 Å². The van der Waals surface area contributed by atoms with Crippen molar-refractivity contribution in [2.75, 3.05) is 0 Å². The Morgan fingerprint density at radius 1 is 1.00 bits per heavy atom. The maximum absolute atomic E-state index is 13.7. The molecule has 0 N–H and O–H groups in total. The molecular weight excluding hydrogens is 296 g/mol. The Balaban J connectivity index is 1.71. The first-order valence-corrected chi connectivity index (χ1v) is 7.50. The lowest BCUT2D eigenvalue weighted by Gasteiger charge is -2.09. The molecule has 1 unspecified atom stereocenters. The highest BCUT2D eigenvalue weighted by molar-refractivity contribution is 5.21. The third kappa shape index (κ3) is 3.62. The number of hydrogen-bond donors (Lipinski definition) is 0. The van der Waals surface area contributed by atoms with Gasteiger partial charge in [0.25, 0.3) is 0 Å². The van der Waals surface area contributed by atoms with E-state index >= 15 is 0 Å². The lowest BCUT2D eigenvalue weighted by atomic mass is 9.97. The molecule has 0 bridgehead atoms. The maximum Gasteiger partial charge on any atom is 0.131 e. The van der Waals surface area contributed by atoms with E-state index in [4.69, 9.17) is 0 Å². The molecule has 3 nitrogen and oxygen atoms in total. The summed E-state index contributed by atoms with van der Waals surface area (Å²) in [4.78, 5) is 0. The van der Waals surface area contributed by atoms with Gasteiger partial charge < -0.3 is 0 Å². The van der Waals surface area contributed by atoms with E-state index in [1.54, 1.807) is 6.20 Å². The number of halogens is 2. The van der Waals surface area contributed by atoms with E-state index in [2.05, 4.69) is 29.4 Å². The molecule has 0 amide bonds. The molecule has 3 rings (SSSR count). The van der Waals surface area contributed by atoms with Gasteiger partial charge in [-0.25, -0.2) is 13.5 Å². The number of nitrogens with zero attached hydrogens (tertiary/aromatic N) is 3. The summed E-state index contributed by atoms with van der Waals surface area (Å²) in [5.41, 5.74) is 2.03. The van der Waals surface area contributed by atoms with Crippen molar-refractivity contribution < 1.29 is 8.78 Å². The van der Waals surface area contributed by atoms with Gasteiger partial charge in [0.15, 0.2) is 0 Å². The maximum atomic E-state index is 13.7. The van der Waals surface area contributed by atoms with Gasteiger partial charge in [-0.15, -0.1) is 5.10 Å². The van der Waals surface area contributed by atoms with Crippen LogP contribution in [-0.4, -0.2) is 15.0 Å². The van der Waals surface area contributed by atoms with Crippen molar-refractivity contribution in [3.8, 4) is 0 Å². The van der Waals surface area contributed by atoms with Gasteiger partial charge >= 0.3 is 0 Å². The molecule has 0 aliphatic carbocycles. The van der Waals surface area contributed by atoms with E-state index in [0.717, 1.165) is 12.1 Å². The lowest BCUT2D eigenvalue weighted by Crippen LogP contribution is -2.05. The molecule has 1 atom stereocenters. The molecule has 0 aliphatic heterocycles. The van der Waals surface area contributed by atoms with Crippen LogP contribution in [0.25, 0.3) is 0 Å². The molecule has 0 aliphatic rings. The first kappa shape index (κ1) is 15.3. The van der Waals surface area contributed by atoms with Gasteiger partial charge in [0, 0.05) is 11.8 Å². The monoisotopic (exact) mass is 313 g/mol. The summed E-state index contributed by atoms with van der Waals surface area (Å²) >= 11 is 0. The summed E-state index contributed by atoms with van der Waals surface area (Å²) in [6.07, 6.45) is 2.47. The molecule has 3 aromatic rings. The van der Waals surface area contributed by atoms with Crippen molar-refractivity contribution in [1.82, 2.24) is 15.0 Å². The molecule has 0 fully saturated rings. The molecule has 1 aromatic heterocycles.